The molecule has 2 aromatic heterocycles. The number of nitrogens with zero attached hydrogens (tertiary/aromatic N) is 1. The van der Waals surface area contributed by atoms with Gasteiger partial charge in [0.2, 0.25) is 0 Å². The molecule has 0 radical (unpaired) electrons. The Bertz CT molecular complexity index is 422. The molecule has 0 saturated heterocycles. The van der Waals surface area contributed by atoms with Crippen molar-refractivity contribution in [2.24, 2.45) is 0 Å². The first-order chi connectivity index (χ1) is 7.81. The maximum atomic E-state index is 5.32. The lowest BCUT2D eigenvalue weighted by Crippen LogP contribution is -2.19. The van der Waals surface area contributed by atoms with Gasteiger partial charge in [-0.25, -0.2) is 4.98 Å². The number of furan rings is 1. The van der Waals surface area contributed by atoms with E-state index in [4.69, 9.17) is 4.42 Å². The van der Waals surface area contributed by atoms with Crippen molar-refractivity contribution < 1.29 is 4.42 Å². The Balaban J connectivity index is 2.07. The predicted molar refractivity (Wildman–Crippen MR) is 66.5 cm³/mol. The Kier molecular flexibility index (Phi) is 3.74. The molecule has 3 nitrogen and oxygen atoms in total. The molecule has 0 bridgehead atoms. The highest BCUT2D eigenvalue weighted by atomic mass is 32.1. The molecule has 0 aliphatic rings. The van der Waals surface area contributed by atoms with Gasteiger partial charge in [0.05, 0.1) is 12.0 Å². The fourth-order valence-electron chi connectivity index (χ4n) is 1.46. The number of thiazole rings is 1. The van der Waals surface area contributed by atoms with Gasteiger partial charge in [0, 0.05) is 11.4 Å². The van der Waals surface area contributed by atoms with Crippen molar-refractivity contribution in [2.75, 3.05) is 6.54 Å². The quantitative estimate of drug-likeness (QED) is 0.864. The Hall–Kier alpha value is -1.13. The summed E-state index contributed by atoms with van der Waals surface area (Å²) in [6, 6.07) is 4.13. The normalized spacial score (nSPS) is 12.9. The molecular weight excluding hydrogens is 220 g/mol. The molecule has 1 N–H and O–H groups in total. The van der Waals surface area contributed by atoms with Crippen LogP contribution in [-0.4, -0.2) is 11.5 Å². The van der Waals surface area contributed by atoms with Gasteiger partial charge in [-0.05, 0) is 32.0 Å². The van der Waals surface area contributed by atoms with E-state index in [0.29, 0.717) is 6.04 Å². The van der Waals surface area contributed by atoms with Crippen LogP contribution < -0.4 is 5.32 Å². The molecule has 0 aromatic carbocycles. The van der Waals surface area contributed by atoms with Crippen LogP contribution in [0.15, 0.2) is 28.2 Å². The topological polar surface area (TPSA) is 38.1 Å². The highest BCUT2D eigenvalue weighted by Gasteiger charge is 2.11. The van der Waals surface area contributed by atoms with Crippen molar-refractivity contribution in [2.45, 2.75) is 26.3 Å². The smallest absolute Gasteiger partial charge is 0.162 e. The summed E-state index contributed by atoms with van der Waals surface area (Å²) in [5.41, 5.74) is 1.09. The third-order valence-electron chi connectivity index (χ3n) is 2.40. The molecule has 2 rings (SSSR count). The molecule has 16 heavy (non-hydrogen) atoms. The Morgan fingerprint density at radius 3 is 3.12 bits per heavy atom. The minimum atomic E-state index is 0.305. The summed E-state index contributed by atoms with van der Waals surface area (Å²) < 4.78 is 5.32. The Morgan fingerprint density at radius 1 is 1.56 bits per heavy atom. The molecule has 0 saturated carbocycles. The van der Waals surface area contributed by atoms with E-state index in [-0.39, 0.29) is 0 Å². The van der Waals surface area contributed by atoms with E-state index in [1.54, 1.807) is 17.6 Å². The third kappa shape index (κ3) is 2.51. The largest absolute Gasteiger partial charge is 0.462 e. The second-order valence-corrected chi connectivity index (χ2v) is 4.59. The van der Waals surface area contributed by atoms with E-state index in [1.807, 2.05) is 12.1 Å². The van der Waals surface area contributed by atoms with Gasteiger partial charge >= 0.3 is 0 Å². The summed E-state index contributed by atoms with van der Waals surface area (Å²) in [6.07, 6.45) is 2.81. The second-order valence-electron chi connectivity index (χ2n) is 3.73. The summed E-state index contributed by atoms with van der Waals surface area (Å²) in [5, 5.41) is 6.46. The molecule has 0 aliphatic heterocycles. The average Bonchev–Trinajstić information content (AvgIpc) is 2.94. The summed E-state index contributed by atoms with van der Waals surface area (Å²) >= 11 is 1.62. The maximum Gasteiger partial charge on any atom is 0.162 e. The molecule has 4 heteroatoms. The van der Waals surface area contributed by atoms with Gasteiger partial charge in [-0.2, -0.15) is 0 Å². The van der Waals surface area contributed by atoms with Crippen LogP contribution in [0.2, 0.25) is 0 Å². The van der Waals surface area contributed by atoms with Crippen molar-refractivity contribution in [3.63, 3.8) is 0 Å². The minimum Gasteiger partial charge on any atom is -0.462 e. The lowest BCUT2D eigenvalue weighted by molar-refractivity contribution is 0.558. The van der Waals surface area contributed by atoms with Crippen LogP contribution in [0, 0.1) is 0 Å². The van der Waals surface area contributed by atoms with E-state index in [0.717, 1.165) is 29.4 Å². The van der Waals surface area contributed by atoms with Crippen molar-refractivity contribution in [3.8, 4) is 10.8 Å². The standard InChI is InChI=1S/C12H16N2OS/c1-3-6-13-9(2)10-8-16-12(14-10)11-5-4-7-15-11/h4-5,7-9,13H,3,6H2,1-2H3. The molecule has 1 atom stereocenters. The monoisotopic (exact) mass is 236 g/mol. The van der Waals surface area contributed by atoms with Crippen LogP contribution in [0.25, 0.3) is 10.8 Å². The fourth-order valence-corrected chi connectivity index (χ4v) is 2.34. The number of aromatic nitrogens is 1. The molecule has 0 aliphatic carbocycles. The average molecular weight is 236 g/mol. The highest BCUT2D eigenvalue weighted by Crippen LogP contribution is 2.26. The van der Waals surface area contributed by atoms with Crippen LogP contribution in [0.4, 0.5) is 0 Å². The van der Waals surface area contributed by atoms with Crippen LogP contribution in [0.3, 0.4) is 0 Å². The van der Waals surface area contributed by atoms with E-state index in [2.05, 4.69) is 29.5 Å². The number of rotatable bonds is 5. The predicted octanol–water partition coefficient (Wildman–Crippen LogP) is 3.46. The molecule has 2 aromatic rings. The van der Waals surface area contributed by atoms with E-state index >= 15 is 0 Å². The Morgan fingerprint density at radius 2 is 2.44 bits per heavy atom. The molecule has 0 amide bonds. The second kappa shape index (κ2) is 5.27. The van der Waals surface area contributed by atoms with Crippen molar-refractivity contribution in [3.05, 3.63) is 29.5 Å². The minimum absolute atomic E-state index is 0.305. The van der Waals surface area contributed by atoms with Crippen LogP contribution >= 0.6 is 11.3 Å². The number of hydrogen-bond donors (Lipinski definition) is 1. The molecule has 1 unspecified atom stereocenters. The van der Waals surface area contributed by atoms with Crippen LogP contribution in [0.1, 0.15) is 32.0 Å². The van der Waals surface area contributed by atoms with E-state index < -0.39 is 0 Å². The first kappa shape index (κ1) is 11.4. The van der Waals surface area contributed by atoms with E-state index in [9.17, 15) is 0 Å². The molecule has 86 valence electrons. The van der Waals surface area contributed by atoms with Gasteiger partial charge in [-0.3, -0.25) is 0 Å². The lowest BCUT2D eigenvalue weighted by atomic mass is 10.2. The lowest BCUT2D eigenvalue weighted by Gasteiger charge is -2.09. The first-order valence-electron chi connectivity index (χ1n) is 5.54. The summed E-state index contributed by atoms with van der Waals surface area (Å²) in [6.45, 7) is 5.32. The fraction of sp³-hybridized carbons (Fsp3) is 0.417. The zero-order valence-corrected chi connectivity index (χ0v) is 10.4. The van der Waals surface area contributed by atoms with Gasteiger partial charge in [0.15, 0.2) is 10.8 Å². The Labute approximate surface area is 99.5 Å². The summed E-state index contributed by atoms with van der Waals surface area (Å²) in [4.78, 5) is 4.57. The maximum absolute atomic E-state index is 5.32. The van der Waals surface area contributed by atoms with Crippen molar-refractivity contribution in [1.82, 2.24) is 10.3 Å². The zero-order valence-electron chi connectivity index (χ0n) is 9.56. The van der Waals surface area contributed by atoms with Gasteiger partial charge in [0.25, 0.3) is 0 Å². The first-order valence-corrected chi connectivity index (χ1v) is 6.42. The van der Waals surface area contributed by atoms with E-state index in [1.165, 1.54) is 0 Å². The van der Waals surface area contributed by atoms with Gasteiger partial charge in [-0.1, -0.05) is 6.92 Å². The van der Waals surface area contributed by atoms with Crippen molar-refractivity contribution >= 4 is 11.3 Å². The highest BCUT2D eigenvalue weighted by molar-refractivity contribution is 7.13. The molecule has 0 spiro atoms. The molecule has 0 fully saturated rings. The van der Waals surface area contributed by atoms with Crippen LogP contribution in [0.5, 0.6) is 0 Å². The van der Waals surface area contributed by atoms with Crippen molar-refractivity contribution in [1.29, 1.82) is 0 Å². The third-order valence-corrected chi connectivity index (χ3v) is 3.27. The summed E-state index contributed by atoms with van der Waals surface area (Å²) in [5.74, 6) is 0.846. The molecular formula is C12H16N2OS. The van der Waals surface area contributed by atoms with Crippen LogP contribution in [-0.2, 0) is 0 Å². The molecule has 2 heterocycles. The SMILES string of the molecule is CCCNC(C)c1csc(-c2ccco2)n1. The number of nitrogens with one attached hydrogen (secondary N) is 1. The van der Waals surface area contributed by atoms with Gasteiger partial charge in [-0.15, -0.1) is 11.3 Å². The van der Waals surface area contributed by atoms with Gasteiger partial charge in [0.1, 0.15) is 0 Å². The summed E-state index contributed by atoms with van der Waals surface area (Å²) in [7, 11) is 0. The zero-order chi connectivity index (χ0) is 11.4. The number of hydrogen-bond acceptors (Lipinski definition) is 4. The van der Waals surface area contributed by atoms with Gasteiger partial charge < -0.3 is 9.73 Å².